The molecule has 8 rings (SSSR count). The van der Waals surface area contributed by atoms with E-state index in [4.69, 9.17) is 43.9 Å². The Morgan fingerprint density at radius 3 is 2.44 bits per heavy atom. The number of carboxylic acid groups (broad SMARTS) is 1. The number of nitrogens with two attached hydrogens (primary N) is 2. The maximum Gasteiger partial charge on any atom is 0.326 e. The number of carbonyl (C=O) groups excluding carboxylic acids is 2. The van der Waals surface area contributed by atoms with Crippen molar-refractivity contribution in [2.75, 3.05) is 61.7 Å². The Morgan fingerprint density at radius 1 is 0.890 bits per heavy atom. The highest BCUT2D eigenvalue weighted by atomic mass is 35.5. The third kappa shape index (κ3) is 15.5. The molecule has 0 aliphatic heterocycles. The highest BCUT2D eigenvalue weighted by Crippen LogP contribution is 2.37. The zero-order chi connectivity index (χ0) is 58.3. The van der Waals surface area contributed by atoms with Crippen LogP contribution in [0.2, 0.25) is 5.02 Å². The van der Waals surface area contributed by atoms with Gasteiger partial charge in [0.15, 0.2) is 28.5 Å². The van der Waals surface area contributed by atoms with Gasteiger partial charge in [0.1, 0.15) is 28.8 Å². The van der Waals surface area contributed by atoms with Gasteiger partial charge < -0.3 is 51.6 Å². The molecule has 0 saturated carbocycles. The van der Waals surface area contributed by atoms with E-state index in [0.717, 1.165) is 18.5 Å². The van der Waals surface area contributed by atoms with Crippen molar-refractivity contribution in [2.24, 2.45) is 0 Å². The Hall–Kier alpha value is -9.39. The van der Waals surface area contributed by atoms with E-state index < -0.39 is 41.5 Å². The third-order valence-electron chi connectivity index (χ3n) is 12.6. The minimum Gasteiger partial charge on any atom is -0.480 e. The van der Waals surface area contributed by atoms with Crippen molar-refractivity contribution in [1.29, 1.82) is 0 Å². The molecule has 25 nitrogen and oxygen atoms in total. The van der Waals surface area contributed by atoms with Gasteiger partial charge in [-0.15, -0.1) is 5.10 Å². The molecular weight excluding hydrogens is 1090 g/mol. The van der Waals surface area contributed by atoms with E-state index in [9.17, 15) is 23.9 Å². The number of halogens is 3. The Bertz CT molecular complexity index is 3610. The summed E-state index contributed by atoms with van der Waals surface area (Å²) in [6.07, 6.45) is 8.21. The Kier molecular flexibility index (Phi) is 19.8. The van der Waals surface area contributed by atoms with E-state index in [0.29, 0.717) is 54.4 Å². The predicted molar refractivity (Wildman–Crippen MR) is 298 cm³/mol. The molecule has 0 aliphatic rings. The van der Waals surface area contributed by atoms with E-state index in [1.165, 1.54) is 36.7 Å². The smallest absolute Gasteiger partial charge is 0.326 e. The first-order valence-electron chi connectivity index (χ1n) is 25.8. The minimum atomic E-state index is -1.30. The number of aromatic nitrogens is 11. The summed E-state index contributed by atoms with van der Waals surface area (Å²) < 4.78 is 49.0. The maximum absolute atomic E-state index is 15.5. The number of fused-ring (bicyclic) bond motifs is 2. The number of carboxylic acids is 1. The highest BCUT2D eigenvalue weighted by molar-refractivity contribution is 6.35. The maximum atomic E-state index is 15.5. The number of hydrogen-bond acceptors (Lipinski definition) is 20. The second-order valence-corrected chi connectivity index (χ2v) is 19.1. The normalized spacial score (nSPS) is 12.0. The number of hydrogen-bond donors (Lipinski definition) is 6. The fraction of sp³-hybridized carbons (Fsp3) is 0.333. The molecule has 0 aliphatic carbocycles. The first-order chi connectivity index (χ1) is 39.5. The van der Waals surface area contributed by atoms with Crippen LogP contribution in [0.4, 0.5) is 37.6 Å². The van der Waals surface area contributed by atoms with Crippen LogP contribution in [-0.2, 0) is 38.8 Å². The lowest BCUT2D eigenvalue weighted by Crippen LogP contribution is -2.41. The van der Waals surface area contributed by atoms with E-state index in [2.05, 4.69) is 71.0 Å². The van der Waals surface area contributed by atoms with E-state index in [-0.39, 0.29) is 113 Å². The molecule has 8 aromatic rings. The fourth-order valence-corrected chi connectivity index (χ4v) is 8.54. The molecule has 426 valence electrons. The molecule has 0 radical (unpaired) electrons. The molecule has 0 unspecified atom stereocenters. The first-order valence-corrected chi connectivity index (χ1v) is 26.2. The molecule has 28 heteroatoms. The summed E-state index contributed by atoms with van der Waals surface area (Å²) in [5.41, 5.74) is 16.4. The summed E-state index contributed by atoms with van der Waals surface area (Å²) in [5.74, 6) is -3.32. The summed E-state index contributed by atoms with van der Waals surface area (Å²) in [6, 6.07) is 10.0. The number of anilines is 4. The van der Waals surface area contributed by atoms with Crippen molar-refractivity contribution >= 4 is 80.4 Å². The summed E-state index contributed by atoms with van der Waals surface area (Å²) in [7, 11) is 1.82. The van der Waals surface area contributed by atoms with Crippen LogP contribution in [0.3, 0.4) is 0 Å². The molecule has 0 saturated heterocycles. The van der Waals surface area contributed by atoms with Crippen molar-refractivity contribution in [3.63, 3.8) is 0 Å². The number of unbranched alkanes of at least 4 members (excludes halogenated alkanes) is 2. The SMILES string of the molecule is [C-]#[N+]c1ccc(F)c([C@@H](C)Nc2c(Cl)c(C)nc3cc(F)c(-c4cnc(OCCCCCn5cc(COCCOCCNC(=O)CC[C@H](NC(=O)c6ccc(N(C)Cc7cnc8nc(N)nc(N)c8n7)cc6)C(=O)O)nn5)nc4)nc23)c1. The molecule has 6 heterocycles. The van der Waals surface area contributed by atoms with Gasteiger partial charge >= 0.3 is 12.0 Å². The van der Waals surface area contributed by atoms with Crippen LogP contribution in [0.1, 0.15) is 78.1 Å². The number of pyridine rings is 2. The first kappa shape index (κ1) is 58.8. The predicted octanol–water partition coefficient (Wildman–Crippen LogP) is 6.74. The zero-order valence-corrected chi connectivity index (χ0v) is 45.5. The van der Waals surface area contributed by atoms with Crippen molar-refractivity contribution < 1.29 is 42.5 Å². The van der Waals surface area contributed by atoms with Gasteiger partial charge in [-0.3, -0.25) is 14.3 Å². The lowest BCUT2D eigenvalue weighted by Gasteiger charge is -2.20. The van der Waals surface area contributed by atoms with E-state index in [1.807, 2.05) is 11.9 Å². The summed E-state index contributed by atoms with van der Waals surface area (Å²) in [5, 5.41) is 26.7. The van der Waals surface area contributed by atoms with Gasteiger partial charge in [-0.2, -0.15) is 9.97 Å². The minimum absolute atomic E-state index is 0.000941. The molecule has 82 heavy (non-hydrogen) atoms. The number of amides is 2. The lowest BCUT2D eigenvalue weighted by molar-refractivity contribution is -0.139. The molecule has 2 aromatic carbocycles. The number of benzene rings is 2. The van der Waals surface area contributed by atoms with Gasteiger partial charge in [0.05, 0.1) is 92.2 Å². The molecule has 0 fully saturated rings. The highest BCUT2D eigenvalue weighted by Gasteiger charge is 2.24. The zero-order valence-electron chi connectivity index (χ0n) is 44.8. The van der Waals surface area contributed by atoms with Gasteiger partial charge in [-0.1, -0.05) is 22.9 Å². The van der Waals surface area contributed by atoms with Crippen LogP contribution in [0.5, 0.6) is 6.01 Å². The molecular formula is C54H57ClF2N18O7. The van der Waals surface area contributed by atoms with Gasteiger partial charge in [0.25, 0.3) is 5.91 Å². The van der Waals surface area contributed by atoms with E-state index >= 15 is 4.39 Å². The molecule has 2 atom stereocenters. The van der Waals surface area contributed by atoms with Crippen molar-refractivity contribution in [1.82, 2.24) is 65.5 Å². The standard InChI is InChI=1S/C54H57ClF2N18O7/c1-30(38-22-34(60-3)10-13-39(38)56)66-47-44(55)31(2)65-42-23-40(57)45(69-46(42)47)33-24-63-54(64-25-33)82-18-7-5-6-17-75-28-36(72-73-75)29-81-21-20-80-19-16-61-43(76)15-14-41(52(78)79)68-51(77)32-8-11-37(12-9-32)74(4)27-35-26-62-50-48(67-35)49(58)70-53(59)71-50/h8-13,22-26,28,30,41H,5-7,14-21,27,29H2,1-2,4H3,(H,61,76)(H,65,66)(H,68,77)(H,78,79)(H4,58,59,62,70,71)/t30-,41+/m1/s1. The van der Waals surface area contributed by atoms with E-state index in [1.54, 1.807) is 55.2 Å². The molecule has 6 aromatic heterocycles. The lowest BCUT2D eigenvalue weighted by atomic mass is 10.1. The largest absolute Gasteiger partial charge is 0.480 e. The number of nitrogens with one attached hydrogen (secondary N) is 3. The number of rotatable bonds is 28. The molecule has 0 bridgehead atoms. The van der Waals surface area contributed by atoms with Crippen LogP contribution >= 0.6 is 11.6 Å². The summed E-state index contributed by atoms with van der Waals surface area (Å²) in [4.78, 5) is 76.9. The fourth-order valence-electron chi connectivity index (χ4n) is 8.35. The summed E-state index contributed by atoms with van der Waals surface area (Å²) >= 11 is 6.68. The monoisotopic (exact) mass is 1140 g/mol. The number of ether oxygens (including phenoxy) is 3. The van der Waals surface area contributed by atoms with Crippen LogP contribution in [0.15, 0.2) is 73.3 Å². The van der Waals surface area contributed by atoms with Gasteiger partial charge in [0.2, 0.25) is 11.9 Å². The second-order valence-electron chi connectivity index (χ2n) is 18.7. The Balaban J connectivity index is 0.669. The van der Waals surface area contributed by atoms with Crippen molar-refractivity contribution in [3.8, 4) is 17.3 Å². The third-order valence-corrected chi connectivity index (χ3v) is 13.1. The topological polar surface area (TPSA) is 329 Å². The Morgan fingerprint density at radius 2 is 1.67 bits per heavy atom. The average Bonchev–Trinajstić information content (AvgIpc) is 4.07. The van der Waals surface area contributed by atoms with Crippen LogP contribution in [0, 0.1) is 25.1 Å². The van der Waals surface area contributed by atoms with Crippen molar-refractivity contribution in [2.45, 2.75) is 77.7 Å². The van der Waals surface area contributed by atoms with Crippen LogP contribution in [0.25, 0.3) is 38.3 Å². The van der Waals surface area contributed by atoms with Gasteiger partial charge in [0, 0.05) is 61.8 Å². The van der Waals surface area contributed by atoms with Crippen LogP contribution < -0.4 is 37.1 Å². The quantitative estimate of drug-likeness (QED) is 0.0218. The average molecular weight is 1140 g/mol. The molecule has 2 amide bonds. The van der Waals surface area contributed by atoms with Crippen LogP contribution in [-0.4, -0.2) is 124 Å². The Labute approximate surface area is 473 Å². The van der Waals surface area contributed by atoms with Gasteiger partial charge in [-0.05, 0) is 81.5 Å². The van der Waals surface area contributed by atoms with Crippen molar-refractivity contribution in [3.05, 3.63) is 130 Å². The molecule has 0 spiro atoms. The molecule has 8 N–H and O–H groups in total. The number of nitrogens with zero attached hydrogens (tertiary/aromatic N) is 13. The number of nitrogen functional groups attached to an aromatic ring is 2. The number of aliphatic carboxylic acids is 1. The number of aryl methyl sites for hydroxylation is 2. The van der Waals surface area contributed by atoms with Gasteiger partial charge in [-0.25, -0.2) is 48.3 Å². The second kappa shape index (κ2) is 27.7. The number of carbonyl (C=O) groups is 3. The summed E-state index contributed by atoms with van der Waals surface area (Å²) in [6.45, 7) is 13.1.